The van der Waals surface area contributed by atoms with Crippen molar-refractivity contribution in [3.63, 3.8) is 0 Å². The van der Waals surface area contributed by atoms with Crippen molar-refractivity contribution in [3.05, 3.63) is 72.1 Å². The number of guanidine groups is 1. The monoisotopic (exact) mass is 405 g/mol. The fourth-order valence-corrected chi connectivity index (χ4v) is 3.57. The van der Waals surface area contributed by atoms with Gasteiger partial charge in [0.15, 0.2) is 11.8 Å². The van der Waals surface area contributed by atoms with Gasteiger partial charge in [-0.15, -0.1) is 0 Å². The minimum absolute atomic E-state index is 0.287. The summed E-state index contributed by atoms with van der Waals surface area (Å²) in [6.07, 6.45) is 1.52. The van der Waals surface area contributed by atoms with E-state index in [2.05, 4.69) is 92.0 Å². The fourth-order valence-electron chi connectivity index (χ4n) is 3.57. The van der Waals surface area contributed by atoms with Crippen LogP contribution in [0.2, 0.25) is 0 Å². The van der Waals surface area contributed by atoms with E-state index in [1.54, 1.807) is 7.05 Å². The number of benzene rings is 2. The molecule has 7 heteroatoms. The highest BCUT2D eigenvalue weighted by molar-refractivity contribution is 5.79. The molecule has 158 valence electrons. The topological polar surface area (TPSA) is 81.2 Å². The Labute approximate surface area is 178 Å². The molecule has 1 heterocycles. The summed E-state index contributed by atoms with van der Waals surface area (Å²) in [5.74, 6) is 1.55. The summed E-state index contributed by atoms with van der Waals surface area (Å²) >= 11 is 0. The molecule has 1 aromatic heterocycles. The van der Waals surface area contributed by atoms with Gasteiger partial charge in [-0.2, -0.15) is 5.10 Å². The van der Waals surface area contributed by atoms with Crippen LogP contribution in [0.25, 0.3) is 11.4 Å². The van der Waals surface area contributed by atoms with Crippen LogP contribution in [0.4, 0.5) is 0 Å². The predicted molar refractivity (Wildman–Crippen MR) is 122 cm³/mol. The number of aliphatic imine (C=N–C) groups is 1. The lowest BCUT2D eigenvalue weighted by atomic mass is 10.1. The Morgan fingerprint density at radius 2 is 1.87 bits per heavy atom. The maximum absolute atomic E-state index is 4.40. The Balaban J connectivity index is 1.62. The third-order valence-corrected chi connectivity index (χ3v) is 5.20. The van der Waals surface area contributed by atoms with Gasteiger partial charge in [0.05, 0.1) is 6.04 Å². The first-order valence-electron chi connectivity index (χ1n) is 10.4. The highest BCUT2D eigenvalue weighted by Crippen LogP contribution is 2.19. The molecular formula is C23H31N7. The zero-order chi connectivity index (χ0) is 21.2. The molecule has 0 saturated carbocycles. The maximum Gasteiger partial charge on any atom is 0.191 e. The summed E-state index contributed by atoms with van der Waals surface area (Å²) in [5.41, 5.74) is 3.47. The van der Waals surface area contributed by atoms with Gasteiger partial charge in [0.25, 0.3) is 0 Å². The van der Waals surface area contributed by atoms with Gasteiger partial charge in [-0.25, -0.2) is 4.98 Å². The molecule has 1 atom stereocenters. The molecule has 0 amide bonds. The van der Waals surface area contributed by atoms with Gasteiger partial charge in [-0.1, -0.05) is 62.4 Å². The second-order valence-electron chi connectivity index (χ2n) is 6.99. The first-order valence-corrected chi connectivity index (χ1v) is 10.4. The van der Waals surface area contributed by atoms with Gasteiger partial charge in [-0.05, 0) is 30.3 Å². The average Bonchev–Trinajstić information content (AvgIpc) is 3.34. The molecule has 0 aliphatic heterocycles. The van der Waals surface area contributed by atoms with E-state index in [-0.39, 0.29) is 6.04 Å². The predicted octanol–water partition coefficient (Wildman–Crippen LogP) is 3.22. The molecule has 0 saturated heterocycles. The molecule has 0 radical (unpaired) electrons. The van der Waals surface area contributed by atoms with E-state index >= 15 is 0 Å². The van der Waals surface area contributed by atoms with E-state index in [4.69, 9.17) is 0 Å². The second kappa shape index (κ2) is 11.1. The SMILES string of the molecule is CCN(CC)C(CNC(=NC)NCc1cccc(-c2ncn[nH]2)c1)c1ccccc1. The molecule has 0 bridgehead atoms. The minimum atomic E-state index is 0.287. The first-order chi connectivity index (χ1) is 14.7. The summed E-state index contributed by atoms with van der Waals surface area (Å²) in [5, 5.41) is 13.7. The highest BCUT2D eigenvalue weighted by Gasteiger charge is 2.18. The van der Waals surface area contributed by atoms with E-state index in [1.807, 2.05) is 12.1 Å². The van der Waals surface area contributed by atoms with E-state index in [0.29, 0.717) is 6.54 Å². The van der Waals surface area contributed by atoms with Crippen LogP contribution in [0.3, 0.4) is 0 Å². The van der Waals surface area contributed by atoms with Crippen molar-refractivity contribution in [3.8, 4) is 11.4 Å². The van der Waals surface area contributed by atoms with Crippen LogP contribution in [0, 0.1) is 0 Å². The van der Waals surface area contributed by atoms with Gasteiger partial charge in [0.2, 0.25) is 0 Å². The molecule has 3 rings (SSSR count). The number of aromatic nitrogens is 3. The van der Waals surface area contributed by atoms with E-state index in [0.717, 1.165) is 42.5 Å². The molecule has 1 unspecified atom stereocenters. The van der Waals surface area contributed by atoms with Crippen molar-refractivity contribution in [2.45, 2.75) is 26.4 Å². The van der Waals surface area contributed by atoms with Crippen LogP contribution in [-0.2, 0) is 6.54 Å². The number of likely N-dealkylation sites (N-methyl/N-ethyl adjacent to an activating group) is 1. The summed E-state index contributed by atoms with van der Waals surface area (Å²) in [7, 11) is 1.80. The molecule has 0 aliphatic rings. The number of aromatic amines is 1. The zero-order valence-electron chi connectivity index (χ0n) is 18.0. The van der Waals surface area contributed by atoms with Crippen molar-refractivity contribution in [2.75, 3.05) is 26.7 Å². The van der Waals surface area contributed by atoms with Crippen LogP contribution < -0.4 is 10.6 Å². The summed E-state index contributed by atoms with van der Waals surface area (Å²) < 4.78 is 0. The van der Waals surface area contributed by atoms with E-state index < -0.39 is 0 Å². The molecular weight excluding hydrogens is 374 g/mol. The molecule has 0 spiro atoms. The second-order valence-corrected chi connectivity index (χ2v) is 6.99. The standard InChI is InChI=1S/C23H31N7/c1-4-30(5-2)21(19-11-7-6-8-12-19)16-26-23(24-3)25-15-18-10-9-13-20(14-18)22-27-17-28-29-22/h6-14,17,21H,4-5,15-16H2,1-3H3,(H2,24,25,26)(H,27,28,29). The Morgan fingerprint density at radius 1 is 1.07 bits per heavy atom. The Bertz CT molecular complexity index is 902. The molecule has 3 N–H and O–H groups in total. The van der Waals surface area contributed by atoms with Crippen LogP contribution >= 0.6 is 0 Å². The Morgan fingerprint density at radius 3 is 2.53 bits per heavy atom. The van der Waals surface area contributed by atoms with Crippen LogP contribution in [0.5, 0.6) is 0 Å². The van der Waals surface area contributed by atoms with Crippen LogP contribution in [0.15, 0.2) is 65.9 Å². The number of hydrogen-bond donors (Lipinski definition) is 3. The zero-order valence-corrected chi connectivity index (χ0v) is 18.0. The quantitative estimate of drug-likeness (QED) is 0.376. The molecule has 0 fully saturated rings. The van der Waals surface area contributed by atoms with E-state index in [1.165, 1.54) is 11.9 Å². The van der Waals surface area contributed by atoms with Crippen molar-refractivity contribution < 1.29 is 0 Å². The largest absolute Gasteiger partial charge is 0.354 e. The minimum Gasteiger partial charge on any atom is -0.354 e. The van der Waals surface area contributed by atoms with Crippen molar-refractivity contribution >= 4 is 5.96 Å². The molecule has 3 aromatic rings. The van der Waals surface area contributed by atoms with Gasteiger partial charge in [-0.3, -0.25) is 15.0 Å². The third-order valence-electron chi connectivity index (χ3n) is 5.20. The maximum atomic E-state index is 4.40. The first kappa shape index (κ1) is 21.5. The van der Waals surface area contributed by atoms with Gasteiger partial charge in [0.1, 0.15) is 6.33 Å². The Kier molecular flexibility index (Phi) is 7.97. The van der Waals surface area contributed by atoms with Gasteiger partial charge < -0.3 is 10.6 Å². The average molecular weight is 406 g/mol. The lowest BCUT2D eigenvalue weighted by Crippen LogP contribution is -2.43. The number of nitrogens with one attached hydrogen (secondary N) is 3. The number of nitrogens with zero attached hydrogens (tertiary/aromatic N) is 4. The van der Waals surface area contributed by atoms with E-state index in [9.17, 15) is 0 Å². The summed E-state index contributed by atoms with van der Waals surface area (Å²) in [4.78, 5) is 11.1. The molecule has 2 aromatic carbocycles. The molecule has 30 heavy (non-hydrogen) atoms. The number of H-pyrrole nitrogens is 1. The fraction of sp³-hybridized carbons (Fsp3) is 0.348. The summed E-state index contributed by atoms with van der Waals surface area (Å²) in [6, 6.07) is 19.2. The lowest BCUT2D eigenvalue weighted by Gasteiger charge is -2.30. The normalized spacial score (nSPS) is 12.7. The van der Waals surface area contributed by atoms with Crippen molar-refractivity contribution in [1.29, 1.82) is 0 Å². The molecule has 7 nitrogen and oxygen atoms in total. The number of hydrogen-bond acceptors (Lipinski definition) is 4. The summed E-state index contributed by atoms with van der Waals surface area (Å²) in [6.45, 7) is 7.85. The van der Waals surface area contributed by atoms with Gasteiger partial charge >= 0.3 is 0 Å². The van der Waals surface area contributed by atoms with Crippen molar-refractivity contribution in [2.24, 2.45) is 4.99 Å². The Hall–Kier alpha value is -3.19. The lowest BCUT2D eigenvalue weighted by molar-refractivity contribution is 0.219. The van der Waals surface area contributed by atoms with Crippen LogP contribution in [-0.4, -0.2) is 52.7 Å². The van der Waals surface area contributed by atoms with Crippen LogP contribution in [0.1, 0.15) is 31.0 Å². The number of rotatable bonds is 9. The molecule has 0 aliphatic carbocycles. The smallest absolute Gasteiger partial charge is 0.191 e. The van der Waals surface area contributed by atoms with Crippen molar-refractivity contribution in [1.82, 2.24) is 30.7 Å². The third kappa shape index (κ3) is 5.67. The van der Waals surface area contributed by atoms with Gasteiger partial charge in [0, 0.05) is 25.7 Å². The highest BCUT2D eigenvalue weighted by atomic mass is 15.2.